The van der Waals surface area contributed by atoms with Gasteiger partial charge in [0.1, 0.15) is 11.5 Å². The van der Waals surface area contributed by atoms with Crippen molar-refractivity contribution in [3.05, 3.63) is 46.8 Å². The van der Waals surface area contributed by atoms with Crippen LogP contribution in [0.3, 0.4) is 0 Å². The van der Waals surface area contributed by atoms with Gasteiger partial charge in [-0.3, -0.25) is 4.79 Å². The van der Waals surface area contributed by atoms with Crippen molar-refractivity contribution >= 4 is 33.3 Å². The van der Waals surface area contributed by atoms with Crippen molar-refractivity contribution in [1.29, 1.82) is 0 Å². The van der Waals surface area contributed by atoms with Crippen molar-refractivity contribution in [2.75, 3.05) is 17.7 Å². The highest BCUT2D eigenvalue weighted by atomic mass is 79.9. The third kappa shape index (κ3) is 3.04. The molecule has 0 spiro atoms. The summed E-state index contributed by atoms with van der Waals surface area (Å²) in [6.45, 7) is 0. The van der Waals surface area contributed by atoms with Crippen molar-refractivity contribution in [2.24, 2.45) is 0 Å². The van der Waals surface area contributed by atoms with Crippen molar-refractivity contribution in [1.82, 2.24) is 9.97 Å². The number of rotatable bonds is 3. The van der Waals surface area contributed by atoms with E-state index in [2.05, 4.69) is 36.5 Å². The molecule has 0 saturated carbocycles. The van der Waals surface area contributed by atoms with Crippen LogP contribution in [0, 0.1) is 0 Å². The lowest BCUT2D eigenvalue weighted by molar-refractivity contribution is 0.102. The standard InChI is InChI=1S/C12H11BrN4O/c1-14-11-7-15-10(6-16-11)12(18)17-9-4-2-8(13)3-5-9/h2-7H,1H3,(H,14,16)(H,17,18). The zero-order chi connectivity index (χ0) is 13.0. The van der Waals surface area contributed by atoms with Crippen LogP contribution in [0.4, 0.5) is 11.5 Å². The second kappa shape index (κ2) is 5.59. The minimum absolute atomic E-state index is 0.275. The molecule has 1 amide bonds. The average molecular weight is 307 g/mol. The van der Waals surface area contributed by atoms with Crippen LogP contribution in [-0.2, 0) is 0 Å². The van der Waals surface area contributed by atoms with Gasteiger partial charge in [-0.25, -0.2) is 9.97 Å². The molecule has 0 fully saturated rings. The first kappa shape index (κ1) is 12.5. The van der Waals surface area contributed by atoms with Gasteiger partial charge < -0.3 is 10.6 Å². The summed E-state index contributed by atoms with van der Waals surface area (Å²) < 4.78 is 0.957. The van der Waals surface area contributed by atoms with Crippen LogP contribution in [0.2, 0.25) is 0 Å². The molecule has 92 valence electrons. The Balaban J connectivity index is 2.09. The van der Waals surface area contributed by atoms with Gasteiger partial charge in [0, 0.05) is 17.2 Å². The number of nitrogens with zero attached hydrogens (tertiary/aromatic N) is 2. The van der Waals surface area contributed by atoms with Crippen molar-refractivity contribution < 1.29 is 4.79 Å². The number of aromatic nitrogens is 2. The number of halogens is 1. The quantitative estimate of drug-likeness (QED) is 0.914. The molecule has 18 heavy (non-hydrogen) atoms. The summed E-state index contributed by atoms with van der Waals surface area (Å²) in [6.07, 6.45) is 2.94. The summed E-state index contributed by atoms with van der Waals surface area (Å²) in [5, 5.41) is 5.58. The van der Waals surface area contributed by atoms with Gasteiger partial charge in [-0.05, 0) is 24.3 Å². The predicted molar refractivity (Wildman–Crippen MR) is 73.7 cm³/mol. The summed E-state index contributed by atoms with van der Waals surface area (Å²) in [6, 6.07) is 7.31. The van der Waals surface area contributed by atoms with E-state index in [0.29, 0.717) is 11.5 Å². The molecule has 0 saturated heterocycles. The van der Waals surface area contributed by atoms with Crippen LogP contribution in [0.25, 0.3) is 0 Å². The van der Waals surface area contributed by atoms with Crippen molar-refractivity contribution in [3.8, 4) is 0 Å². The minimum Gasteiger partial charge on any atom is -0.372 e. The molecule has 1 aromatic carbocycles. The highest BCUT2D eigenvalue weighted by Gasteiger charge is 2.07. The summed E-state index contributed by atoms with van der Waals surface area (Å²) in [5.41, 5.74) is 0.986. The Bertz CT molecular complexity index is 539. The molecule has 2 rings (SSSR count). The van der Waals surface area contributed by atoms with Crippen molar-refractivity contribution in [2.45, 2.75) is 0 Å². The van der Waals surface area contributed by atoms with E-state index in [0.717, 1.165) is 4.47 Å². The van der Waals surface area contributed by atoms with Gasteiger partial charge in [-0.15, -0.1) is 0 Å². The fourth-order valence-corrected chi connectivity index (χ4v) is 1.57. The van der Waals surface area contributed by atoms with Gasteiger partial charge in [-0.1, -0.05) is 15.9 Å². The van der Waals surface area contributed by atoms with Gasteiger partial charge >= 0.3 is 0 Å². The second-order valence-electron chi connectivity index (χ2n) is 3.50. The Morgan fingerprint density at radius 3 is 2.44 bits per heavy atom. The first-order valence-corrected chi connectivity index (χ1v) is 6.05. The number of amides is 1. The number of hydrogen-bond acceptors (Lipinski definition) is 4. The van der Waals surface area contributed by atoms with Crippen LogP contribution >= 0.6 is 15.9 Å². The molecule has 0 aliphatic rings. The first-order chi connectivity index (χ1) is 8.69. The number of carbonyl (C=O) groups excluding carboxylic acids is 1. The lowest BCUT2D eigenvalue weighted by Crippen LogP contribution is -2.14. The van der Waals surface area contributed by atoms with Crippen LogP contribution in [-0.4, -0.2) is 22.9 Å². The van der Waals surface area contributed by atoms with E-state index < -0.39 is 0 Å². The van der Waals surface area contributed by atoms with Gasteiger partial charge in [0.05, 0.1) is 12.4 Å². The fraction of sp³-hybridized carbons (Fsp3) is 0.0833. The van der Waals surface area contributed by atoms with Crippen LogP contribution < -0.4 is 10.6 Å². The molecular weight excluding hydrogens is 296 g/mol. The third-order valence-corrected chi connectivity index (χ3v) is 2.77. The van der Waals surface area contributed by atoms with Crippen LogP contribution in [0.1, 0.15) is 10.5 Å². The smallest absolute Gasteiger partial charge is 0.275 e. The largest absolute Gasteiger partial charge is 0.372 e. The topological polar surface area (TPSA) is 66.9 Å². The monoisotopic (exact) mass is 306 g/mol. The summed E-state index contributed by atoms with van der Waals surface area (Å²) in [5.74, 6) is 0.336. The van der Waals surface area contributed by atoms with Gasteiger partial charge in [-0.2, -0.15) is 0 Å². The molecule has 2 aromatic rings. The third-order valence-electron chi connectivity index (χ3n) is 2.24. The molecule has 1 heterocycles. The lowest BCUT2D eigenvalue weighted by Gasteiger charge is -2.05. The van der Waals surface area contributed by atoms with Gasteiger partial charge in [0.2, 0.25) is 0 Å². The van der Waals surface area contributed by atoms with E-state index in [1.165, 1.54) is 12.4 Å². The lowest BCUT2D eigenvalue weighted by atomic mass is 10.3. The molecule has 6 heteroatoms. The van der Waals surface area contributed by atoms with Crippen LogP contribution in [0.15, 0.2) is 41.1 Å². The van der Waals surface area contributed by atoms with E-state index in [9.17, 15) is 4.79 Å². The SMILES string of the molecule is CNc1cnc(C(=O)Nc2ccc(Br)cc2)cn1. The fourth-order valence-electron chi connectivity index (χ4n) is 1.30. The molecule has 2 N–H and O–H groups in total. The molecule has 0 bridgehead atoms. The van der Waals surface area contributed by atoms with E-state index in [1.54, 1.807) is 19.2 Å². The zero-order valence-electron chi connectivity index (χ0n) is 9.64. The molecule has 0 aliphatic heterocycles. The summed E-state index contributed by atoms with van der Waals surface area (Å²) >= 11 is 3.33. The number of nitrogens with one attached hydrogen (secondary N) is 2. The molecule has 0 aliphatic carbocycles. The Kier molecular flexibility index (Phi) is 3.88. The molecule has 5 nitrogen and oxygen atoms in total. The highest BCUT2D eigenvalue weighted by molar-refractivity contribution is 9.10. The van der Waals surface area contributed by atoms with Gasteiger partial charge in [0.15, 0.2) is 0 Å². The van der Waals surface area contributed by atoms with E-state index >= 15 is 0 Å². The number of hydrogen-bond donors (Lipinski definition) is 2. The summed E-state index contributed by atoms with van der Waals surface area (Å²) in [7, 11) is 1.74. The number of benzene rings is 1. The maximum atomic E-state index is 11.9. The van der Waals surface area contributed by atoms with E-state index in [1.807, 2.05) is 12.1 Å². The Morgan fingerprint density at radius 1 is 1.17 bits per heavy atom. The van der Waals surface area contributed by atoms with E-state index in [-0.39, 0.29) is 11.6 Å². The Morgan fingerprint density at radius 2 is 1.89 bits per heavy atom. The molecular formula is C12H11BrN4O. The second-order valence-corrected chi connectivity index (χ2v) is 4.41. The number of carbonyl (C=O) groups is 1. The normalized spacial score (nSPS) is 9.89. The Hall–Kier alpha value is -1.95. The zero-order valence-corrected chi connectivity index (χ0v) is 11.2. The average Bonchev–Trinajstić information content (AvgIpc) is 2.41. The number of anilines is 2. The van der Waals surface area contributed by atoms with Crippen LogP contribution in [0.5, 0.6) is 0 Å². The maximum absolute atomic E-state index is 11.9. The maximum Gasteiger partial charge on any atom is 0.275 e. The minimum atomic E-state index is -0.285. The highest BCUT2D eigenvalue weighted by Crippen LogP contribution is 2.14. The van der Waals surface area contributed by atoms with Crippen molar-refractivity contribution in [3.63, 3.8) is 0 Å². The summed E-state index contributed by atoms with van der Waals surface area (Å²) in [4.78, 5) is 19.9. The van der Waals surface area contributed by atoms with Gasteiger partial charge in [0.25, 0.3) is 5.91 Å². The predicted octanol–water partition coefficient (Wildman–Crippen LogP) is 2.53. The molecule has 0 radical (unpaired) electrons. The molecule has 1 aromatic heterocycles. The Labute approximate surface area is 113 Å². The molecule has 0 atom stereocenters. The van der Waals surface area contributed by atoms with E-state index in [4.69, 9.17) is 0 Å². The molecule has 0 unspecified atom stereocenters. The first-order valence-electron chi connectivity index (χ1n) is 5.26.